The van der Waals surface area contributed by atoms with E-state index in [2.05, 4.69) is 19.0 Å². The second-order valence-corrected chi connectivity index (χ2v) is 5.21. The molecule has 1 unspecified atom stereocenters. The number of aromatic nitrogens is 1. The Morgan fingerprint density at radius 1 is 1.19 bits per heavy atom. The molecule has 0 fully saturated rings. The minimum atomic E-state index is -0.641. The molecule has 1 aromatic carbocycles. The molecule has 0 aliphatic heterocycles. The monoisotopic (exact) mass is 294 g/mol. The molecule has 0 aliphatic rings. The van der Waals surface area contributed by atoms with Crippen molar-refractivity contribution in [3.05, 3.63) is 35.5 Å². The van der Waals surface area contributed by atoms with Crippen molar-refractivity contribution >= 4 is 5.88 Å². The Hall–Kier alpha value is -1.91. The van der Waals surface area contributed by atoms with Gasteiger partial charge in [0.05, 0.1) is 11.3 Å². The van der Waals surface area contributed by atoms with Crippen LogP contribution in [0, 0.1) is 11.6 Å². The Morgan fingerprint density at radius 3 is 2.43 bits per heavy atom. The summed E-state index contributed by atoms with van der Waals surface area (Å²) in [6.45, 7) is 4.17. The lowest BCUT2D eigenvalue weighted by atomic mass is 9.91. The van der Waals surface area contributed by atoms with Gasteiger partial charge in [-0.3, -0.25) is 0 Å². The van der Waals surface area contributed by atoms with Crippen LogP contribution >= 0.6 is 0 Å². The lowest BCUT2D eigenvalue weighted by Crippen LogP contribution is -2.01. The third-order valence-corrected chi connectivity index (χ3v) is 3.68. The van der Waals surface area contributed by atoms with Gasteiger partial charge in [0.2, 0.25) is 5.88 Å². The Kier molecular flexibility index (Phi) is 4.94. The number of anilines is 1. The first-order valence-corrected chi connectivity index (χ1v) is 7.28. The molecule has 0 saturated heterocycles. The normalized spacial score (nSPS) is 12.6. The lowest BCUT2D eigenvalue weighted by Gasteiger charge is -2.13. The first-order chi connectivity index (χ1) is 10.1. The van der Waals surface area contributed by atoms with E-state index in [4.69, 9.17) is 10.3 Å². The van der Waals surface area contributed by atoms with Gasteiger partial charge in [-0.25, -0.2) is 8.78 Å². The van der Waals surface area contributed by atoms with Crippen molar-refractivity contribution in [2.24, 2.45) is 0 Å². The number of hydrogen-bond donors (Lipinski definition) is 1. The van der Waals surface area contributed by atoms with Gasteiger partial charge in [0.1, 0.15) is 11.6 Å². The first-order valence-electron chi connectivity index (χ1n) is 7.28. The summed E-state index contributed by atoms with van der Waals surface area (Å²) in [7, 11) is 0. The van der Waals surface area contributed by atoms with Gasteiger partial charge in [0.25, 0.3) is 0 Å². The number of unbranched alkanes of at least 4 members (excludes halogenated alkanes) is 1. The summed E-state index contributed by atoms with van der Waals surface area (Å²) in [5.74, 6) is -1.01. The van der Waals surface area contributed by atoms with E-state index in [1.54, 1.807) is 0 Å². The van der Waals surface area contributed by atoms with E-state index in [-0.39, 0.29) is 11.8 Å². The van der Waals surface area contributed by atoms with Crippen LogP contribution in [-0.4, -0.2) is 5.16 Å². The van der Waals surface area contributed by atoms with Crippen LogP contribution in [0.3, 0.4) is 0 Å². The molecule has 0 aliphatic carbocycles. The Morgan fingerprint density at radius 2 is 1.86 bits per heavy atom. The zero-order valence-corrected chi connectivity index (χ0v) is 12.3. The highest BCUT2D eigenvalue weighted by atomic mass is 19.1. The minimum Gasteiger partial charge on any atom is -0.367 e. The van der Waals surface area contributed by atoms with Crippen molar-refractivity contribution in [3.8, 4) is 11.1 Å². The van der Waals surface area contributed by atoms with E-state index in [1.165, 1.54) is 12.1 Å². The molecule has 1 aromatic heterocycles. The van der Waals surface area contributed by atoms with Crippen LogP contribution in [0.2, 0.25) is 0 Å². The van der Waals surface area contributed by atoms with E-state index >= 15 is 0 Å². The molecule has 0 amide bonds. The third kappa shape index (κ3) is 3.40. The summed E-state index contributed by atoms with van der Waals surface area (Å²) in [6, 6.07) is 3.34. The van der Waals surface area contributed by atoms with Crippen LogP contribution in [0.5, 0.6) is 0 Å². The molecule has 1 atom stereocenters. The number of benzene rings is 1. The smallest absolute Gasteiger partial charge is 0.230 e. The molecule has 2 aromatic rings. The fourth-order valence-electron chi connectivity index (χ4n) is 2.57. The lowest BCUT2D eigenvalue weighted by molar-refractivity contribution is 0.412. The fraction of sp³-hybridized carbons (Fsp3) is 0.438. The van der Waals surface area contributed by atoms with Crippen molar-refractivity contribution in [2.75, 3.05) is 5.73 Å². The molecule has 0 spiro atoms. The summed E-state index contributed by atoms with van der Waals surface area (Å²) < 4.78 is 31.9. The van der Waals surface area contributed by atoms with Gasteiger partial charge in [-0.15, -0.1) is 0 Å². The van der Waals surface area contributed by atoms with Crippen molar-refractivity contribution in [1.82, 2.24) is 5.16 Å². The van der Waals surface area contributed by atoms with Gasteiger partial charge < -0.3 is 10.3 Å². The summed E-state index contributed by atoms with van der Waals surface area (Å²) in [5.41, 5.74) is 7.39. The van der Waals surface area contributed by atoms with Crippen molar-refractivity contribution in [3.63, 3.8) is 0 Å². The molecule has 2 rings (SSSR count). The first kappa shape index (κ1) is 15.5. The van der Waals surface area contributed by atoms with Crippen molar-refractivity contribution < 1.29 is 13.3 Å². The van der Waals surface area contributed by atoms with Crippen LogP contribution in [0.1, 0.15) is 51.1 Å². The number of halogens is 2. The number of rotatable bonds is 6. The molecule has 21 heavy (non-hydrogen) atoms. The third-order valence-electron chi connectivity index (χ3n) is 3.68. The zero-order valence-electron chi connectivity index (χ0n) is 12.3. The summed E-state index contributed by atoms with van der Waals surface area (Å²) in [6.07, 6.45) is 3.95. The largest absolute Gasteiger partial charge is 0.367 e. The topological polar surface area (TPSA) is 52.0 Å². The van der Waals surface area contributed by atoms with Crippen LogP contribution in [0.25, 0.3) is 11.1 Å². The van der Waals surface area contributed by atoms with E-state index in [0.717, 1.165) is 31.7 Å². The standard InChI is InChI=1S/C16H20F2N2O/c1-3-5-6-10(4-2)15-14(16(19)21-20-15)11-7-12(17)9-13(18)8-11/h7-10H,3-6,19H2,1-2H3. The van der Waals surface area contributed by atoms with Gasteiger partial charge in [-0.2, -0.15) is 0 Å². The van der Waals surface area contributed by atoms with Gasteiger partial charge in [0, 0.05) is 12.0 Å². The highest BCUT2D eigenvalue weighted by molar-refractivity contribution is 5.75. The molecular weight excluding hydrogens is 274 g/mol. The molecule has 114 valence electrons. The Labute approximate surface area is 123 Å². The predicted molar refractivity (Wildman–Crippen MR) is 78.8 cm³/mol. The van der Waals surface area contributed by atoms with E-state index in [1.807, 2.05) is 0 Å². The molecule has 5 heteroatoms. The van der Waals surface area contributed by atoms with Crippen molar-refractivity contribution in [2.45, 2.75) is 45.4 Å². The van der Waals surface area contributed by atoms with Crippen LogP contribution in [-0.2, 0) is 0 Å². The van der Waals surface area contributed by atoms with E-state index in [0.29, 0.717) is 16.8 Å². The summed E-state index contributed by atoms with van der Waals surface area (Å²) in [4.78, 5) is 0. The van der Waals surface area contributed by atoms with E-state index in [9.17, 15) is 8.78 Å². The maximum Gasteiger partial charge on any atom is 0.230 e. The molecule has 3 nitrogen and oxygen atoms in total. The van der Waals surface area contributed by atoms with Crippen LogP contribution < -0.4 is 5.73 Å². The molecule has 0 radical (unpaired) electrons. The maximum atomic E-state index is 13.4. The quantitative estimate of drug-likeness (QED) is 0.825. The number of nitrogens with two attached hydrogens (primary N) is 1. The van der Waals surface area contributed by atoms with E-state index < -0.39 is 11.6 Å². The number of nitrogen functional groups attached to an aromatic ring is 1. The molecule has 1 heterocycles. The number of hydrogen-bond acceptors (Lipinski definition) is 3. The van der Waals surface area contributed by atoms with Crippen LogP contribution in [0.15, 0.2) is 22.7 Å². The highest BCUT2D eigenvalue weighted by Gasteiger charge is 2.23. The maximum absolute atomic E-state index is 13.4. The van der Waals surface area contributed by atoms with Crippen molar-refractivity contribution in [1.29, 1.82) is 0 Å². The fourth-order valence-corrected chi connectivity index (χ4v) is 2.57. The molecule has 0 bridgehead atoms. The SMILES string of the molecule is CCCCC(CC)c1noc(N)c1-c1cc(F)cc(F)c1. The van der Waals surface area contributed by atoms with Crippen LogP contribution in [0.4, 0.5) is 14.7 Å². The Balaban J connectivity index is 2.46. The molecular formula is C16H20F2N2O. The minimum absolute atomic E-state index is 0.102. The number of nitrogens with zero attached hydrogens (tertiary/aromatic N) is 1. The second-order valence-electron chi connectivity index (χ2n) is 5.21. The summed E-state index contributed by atoms with van der Waals surface area (Å²) in [5, 5.41) is 4.03. The molecule has 2 N–H and O–H groups in total. The van der Waals surface area contributed by atoms with Gasteiger partial charge in [-0.1, -0.05) is 31.8 Å². The average molecular weight is 294 g/mol. The molecule has 0 saturated carbocycles. The average Bonchev–Trinajstić information content (AvgIpc) is 2.80. The summed E-state index contributed by atoms with van der Waals surface area (Å²) >= 11 is 0. The Bertz CT molecular complexity index is 590. The van der Waals surface area contributed by atoms with Gasteiger partial charge in [-0.05, 0) is 30.5 Å². The van der Waals surface area contributed by atoms with Gasteiger partial charge >= 0.3 is 0 Å². The highest BCUT2D eigenvalue weighted by Crippen LogP contribution is 2.37. The van der Waals surface area contributed by atoms with Gasteiger partial charge in [0.15, 0.2) is 0 Å². The second kappa shape index (κ2) is 6.70. The predicted octanol–water partition coefficient (Wildman–Crippen LogP) is 4.89. The zero-order chi connectivity index (χ0) is 15.4.